The Morgan fingerprint density at radius 2 is 1.84 bits per heavy atom. The Morgan fingerprint density at radius 3 is 2.58 bits per heavy atom. The van der Waals surface area contributed by atoms with E-state index in [0.717, 1.165) is 17.7 Å². The molecule has 0 aliphatic carbocycles. The fourth-order valence-corrected chi connectivity index (χ4v) is 3.40. The van der Waals surface area contributed by atoms with Crippen LogP contribution in [0.25, 0.3) is 22.4 Å². The van der Waals surface area contributed by atoms with Crippen LogP contribution in [0.3, 0.4) is 0 Å². The minimum atomic E-state index is -0.791. The quantitative estimate of drug-likeness (QED) is 0.405. The van der Waals surface area contributed by atoms with Crippen molar-refractivity contribution in [1.29, 1.82) is 0 Å². The SMILES string of the molecule is O=C(CCc1ccccc1Cl)Nc1onc(-c2ccc(F)cc2F)c1-c1ccncc1. The van der Waals surface area contributed by atoms with Crippen molar-refractivity contribution in [3.05, 3.63) is 89.2 Å². The van der Waals surface area contributed by atoms with E-state index in [-0.39, 0.29) is 29.5 Å². The van der Waals surface area contributed by atoms with E-state index in [1.807, 2.05) is 18.2 Å². The van der Waals surface area contributed by atoms with Crippen LogP contribution in [0.2, 0.25) is 5.02 Å². The van der Waals surface area contributed by atoms with E-state index in [2.05, 4.69) is 15.5 Å². The molecule has 0 radical (unpaired) electrons. The average molecular weight is 440 g/mol. The molecular formula is C23H16ClF2N3O2. The lowest BCUT2D eigenvalue weighted by Gasteiger charge is -2.07. The van der Waals surface area contributed by atoms with Crippen LogP contribution >= 0.6 is 11.6 Å². The lowest BCUT2D eigenvalue weighted by molar-refractivity contribution is -0.116. The van der Waals surface area contributed by atoms with Gasteiger partial charge in [-0.2, -0.15) is 0 Å². The number of rotatable bonds is 6. The van der Waals surface area contributed by atoms with Crippen LogP contribution in [-0.4, -0.2) is 16.0 Å². The van der Waals surface area contributed by atoms with Gasteiger partial charge in [-0.15, -0.1) is 0 Å². The van der Waals surface area contributed by atoms with Crippen molar-refractivity contribution in [3.63, 3.8) is 0 Å². The highest BCUT2D eigenvalue weighted by Crippen LogP contribution is 2.38. The molecule has 0 aliphatic heterocycles. The van der Waals surface area contributed by atoms with Crippen LogP contribution in [0.4, 0.5) is 14.7 Å². The van der Waals surface area contributed by atoms with Gasteiger partial charge in [0.25, 0.3) is 0 Å². The predicted molar refractivity (Wildman–Crippen MR) is 113 cm³/mol. The van der Waals surface area contributed by atoms with Crippen molar-refractivity contribution < 1.29 is 18.1 Å². The number of nitrogens with zero attached hydrogens (tertiary/aromatic N) is 2. The van der Waals surface area contributed by atoms with Crippen LogP contribution in [0.15, 0.2) is 71.5 Å². The first kappa shape index (κ1) is 20.7. The third-order valence-corrected chi connectivity index (χ3v) is 5.05. The lowest BCUT2D eigenvalue weighted by Crippen LogP contribution is -2.12. The number of benzene rings is 2. The summed E-state index contributed by atoms with van der Waals surface area (Å²) in [6.45, 7) is 0. The second kappa shape index (κ2) is 9.06. The molecule has 2 aromatic heterocycles. The van der Waals surface area contributed by atoms with Crippen molar-refractivity contribution in [2.45, 2.75) is 12.8 Å². The normalized spacial score (nSPS) is 10.8. The first-order valence-electron chi connectivity index (χ1n) is 9.41. The van der Waals surface area contributed by atoms with Gasteiger partial charge in [0, 0.05) is 35.5 Å². The molecule has 0 spiro atoms. The van der Waals surface area contributed by atoms with Crippen LogP contribution < -0.4 is 5.32 Å². The zero-order valence-electron chi connectivity index (χ0n) is 16.1. The molecule has 5 nitrogen and oxygen atoms in total. The standard InChI is InChI=1S/C23H16ClF2N3O2/c24-18-4-2-1-3-14(18)5-8-20(30)28-23-21(15-9-11-27-12-10-15)22(29-31-23)17-7-6-16(25)13-19(17)26/h1-4,6-7,9-13H,5,8H2,(H,28,30). The highest BCUT2D eigenvalue weighted by Gasteiger charge is 2.23. The van der Waals surface area contributed by atoms with Gasteiger partial charge in [0.1, 0.15) is 17.3 Å². The molecule has 2 heterocycles. The zero-order chi connectivity index (χ0) is 21.8. The number of anilines is 1. The fourth-order valence-electron chi connectivity index (χ4n) is 3.17. The number of aryl methyl sites for hydroxylation is 1. The summed E-state index contributed by atoms with van der Waals surface area (Å²) in [5.41, 5.74) is 2.02. The summed E-state index contributed by atoms with van der Waals surface area (Å²) in [7, 11) is 0. The van der Waals surface area contributed by atoms with Crippen molar-refractivity contribution >= 4 is 23.4 Å². The van der Waals surface area contributed by atoms with Crippen LogP contribution in [0.5, 0.6) is 0 Å². The van der Waals surface area contributed by atoms with E-state index in [9.17, 15) is 13.6 Å². The molecule has 0 atom stereocenters. The Kier molecular flexibility index (Phi) is 6.04. The molecule has 156 valence electrons. The molecule has 1 N–H and O–H groups in total. The Bertz CT molecular complexity index is 1230. The van der Waals surface area contributed by atoms with Gasteiger partial charge in [-0.1, -0.05) is 35.0 Å². The molecular weight excluding hydrogens is 424 g/mol. The van der Waals surface area contributed by atoms with E-state index in [0.29, 0.717) is 22.6 Å². The monoisotopic (exact) mass is 439 g/mol. The first-order valence-corrected chi connectivity index (χ1v) is 9.79. The number of hydrogen-bond acceptors (Lipinski definition) is 4. The van der Waals surface area contributed by atoms with Crippen LogP contribution in [0.1, 0.15) is 12.0 Å². The van der Waals surface area contributed by atoms with Crippen LogP contribution in [-0.2, 0) is 11.2 Å². The molecule has 0 fully saturated rings. The Hall–Kier alpha value is -3.58. The maximum absolute atomic E-state index is 14.4. The van der Waals surface area contributed by atoms with E-state index in [1.54, 1.807) is 30.6 Å². The number of hydrogen-bond donors (Lipinski definition) is 1. The minimum Gasteiger partial charge on any atom is -0.337 e. The zero-order valence-corrected chi connectivity index (χ0v) is 16.9. The molecule has 0 saturated heterocycles. The van der Waals surface area contributed by atoms with Crippen molar-refractivity contribution in [1.82, 2.24) is 10.1 Å². The maximum Gasteiger partial charge on any atom is 0.239 e. The summed E-state index contributed by atoms with van der Waals surface area (Å²) in [5, 5.41) is 7.22. The number of amides is 1. The molecule has 0 aliphatic rings. The Labute approximate surface area is 181 Å². The topological polar surface area (TPSA) is 68.0 Å². The number of carbonyl (C=O) groups is 1. The fraction of sp³-hybridized carbons (Fsp3) is 0.0870. The molecule has 31 heavy (non-hydrogen) atoms. The Balaban J connectivity index is 1.64. The number of aromatic nitrogens is 2. The maximum atomic E-state index is 14.4. The van der Waals surface area contributed by atoms with E-state index in [4.69, 9.17) is 16.1 Å². The molecule has 0 bridgehead atoms. The summed E-state index contributed by atoms with van der Waals surface area (Å²) in [4.78, 5) is 16.5. The summed E-state index contributed by atoms with van der Waals surface area (Å²) in [5.74, 6) is -1.75. The minimum absolute atomic E-state index is 0.0496. The van der Waals surface area contributed by atoms with Gasteiger partial charge in [0.15, 0.2) is 0 Å². The Morgan fingerprint density at radius 1 is 1.06 bits per heavy atom. The van der Waals surface area contributed by atoms with Gasteiger partial charge in [-0.3, -0.25) is 15.1 Å². The number of carbonyl (C=O) groups excluding carboxylic acids is 1. The van der Waals surface area contributed by atoms with Gasteiger partial charge in [0.2, 0.25) is 11.8 Å². The summed E-state index contributed by atoms with van der Waals surface area (Å²) in [6, 6.07) is 13.8. The molecule has 8 heteroatoms. The summed E-state index contributed by atoms with van der Waals surface area (Å²) >= 11 is 6.14. The first-order chi connectivity index (χ1) is 15.0. The molecule has 0 saturated carbocycles. The third kappa shape index (κ3) is 4.62. The van der Waals surface area contributed by atoms with E-state index in [1.165, 1.54) is 6.07 Å². The molecule has 1 amide bonds. The van der Waals surface area contributed by atoms with Gasteiger partial charge in [-0.25, -0.2) is 8.78 Å². The molecule has 4 rings (SSSR count). The lowest BCUT2D eigenvalue weighted by atomic mass is 10.0. The van der Waals surface area contributed by atoms with Gasteiger partial charge in [0.05, 0.1) is 5.56 Å². The van der Waals surface area contributed by atoms with Gasteiger partial charge < -0.3 is 4.52 Å². The van der Waals surface area contributed by atoms with Gasteiger partial charge in [-0.05, 0) is 47.9 Å². The second-order valence-corrected chi connectivity index (χ2v) is 7.14. The van der Waals surface area contributed by atoms with E-state index >= 15 is 0 Å². The number of nitrogens with one attached hydrogen (secondary N) is 1. The van der Waals surface area contributed by atoms with Crippen LogP contribution in [0, 0.1) is 11.6 Å². The van der Waals surface area contributed by atoms with Crippen molar-refractivity contribution in [3.8, 4) is 22.4 Å². The van der Waals surface area contributed by atoms with Gasteiger partial charge >= 0.3 is 0 Å². The number of pyridine rings is 1. The highest BCUT2D eigenvalue weighted by atomic mass is 35.5. The van der Waals surface area contributed by atoms with Crippen molar-refractivity contribution in [2.75, 3.05) is 5.32 Å². The second-order valence-electron chi connectivity index (χ2n) is 6.73. The largest absolute Gasteiger partial charge is 0.337 e. The molecule has 0 unspecified atom stereocenters. The highest BCUT2D eigenvalue weighted by molar-refractivity contribution is 6.31. The average Bonchev–Trinajstić information content (AvgIpc) is 3.17. The number of halogens is 3. The summed E-state index contributed by atoms with van der Waals surface area (Å²) in [6.07, 6.45) is 3.69. The molecule has 4 aromatic rings. The smallest absolute Gasteiger partial charge is 0.239 e. The third-order valence-electron chi connectivity index (χ3n) is 4.68. The summed E-state index contributed by atoms with van der Waals surface area (Å²) < 4.78 is 33.1. The van der Waals surface area contributed by atoms with E-state index < -0.39 is 11.6 Å². The van der Waals surface area contributed by atoms with Crippen molar-refractivity contribution in [2.24, 2.45) is 0 Å². The molecule has 2 aromatic carbocycles. The predicted octanol–water partition coefficient (Wildman–Crippen LogP) is 5.91.